The maximum absolute atomic E-state index is 12.8. The van der Waals surface area contributed by atoms with Gasteiger partial charge in [-0.05, 0) is 24.5 Å². The van der Waals surface area contributed by atoms with E-state index in [-0.39, 0.29) is 11.6 Å². The molecule has 17 heavy (non-hydrogen) atoms. The van der Waals surface area contributed by atoms with Crippen LogP contribution in [0.5, 0.6) is 0 Å². The van der Waals surface area contributed by atoms with E-state index in [2.05, 4.69) is 0 Å². The standard InChI is InChI=1S/C12H13ClF3N/c13-7-9-5-6-17(8-9)11-4-2-1-3-10(11)12(14,15)16/h1-4,9H,5-8H2. The molecule has 1 aliphatic rings. The van der Waals surface area contributed by atoms with Crippen molar-refractivity contribution in [1.29, 1.82) is 0 Å². The second kappa shape index (κ2) is 4.77. The summed E-state index contributed by atoms with van der Waals surface area (Å²) in [6, 6.07) is 5.71. The summed E-state index contributed by atoms with van der Waals surface area (Å²) in [6.07, 6.45) is -3.44. The number of halogens is 4. The maximum Gasteiger partial charge on any atom is 0.418 e. The first-order valence-corrected chi connectivity index (χ1v) is 6.03. The lowest BCUT2D eigenvalue weighted by Crippen LogP contribution is -2.23. The molecule has 0 radical (unpaired) electrons. The van der Waals surface area contributed by atoms with E-state index >= 15 is 0 Å². The molecule has 0 bridgehead atoms. The largest absolute Gasteiger partial charge is 0.418 e. The maximum atomic E-state index is 12.8. The van der Waals surface area contributed by atoms with E-state index in [9.17, 15) is 13.2 Å². The summed E-state index contributed by atoms with van der Waals surface area (Å²) in [5, 5.41) is 0. The van der Waals surface area contributed by atoms with E-state index in [1.165, 1.54) is 12.1 Å². The Morgan fingerprint density at radius 2 is 2.00 bits per heavy atom. The van der Waals surface area contributed by atoms with Crippen molar-refractivity contribution in [3.05, 3.63) is 29.8 Å². The van der Waals surface area contributed by atoms with Gasteiger partial charge in [-0.2, -0.15) is 13.2 Å². The molecule has 94 valence electrons. The lowest BCUT2D eigenvalue weighted by molar-refractivity contribution is -0.137. The third kappa shape index (κ3) is 2.68. The Morgan fingerprint density at radius 3 is 2.59 bits per heavy atom. The zero-order chi connectivity index (χ0) is 12.5. The van der Waals surface area contributed by atoms with Gasteiger partial charge < -0.3 is 4.90 Å². The minimum Gasteiger partial charge on any atom is -0.371 e. The summed E-state index contributed by atoms with van der Waals surface area (Å²) in [7, 11) is 0. The Balaban J connectivity index is 2.27. The first-order chi connectivity index (χ1) is 8.02. The van der Waals surface area contributed by atoms with Crippen molar-refractivity contribution in [3.63, 3.8) is 0 Å². The van der Waals surface area contributed by atoms with Gasteiger partial charge in [-0.15, -0.1) is 11.6 Å². The second-order valence-electron chi connectivity index (χ2n) is 4.27. The molecule has 1 nitrogen and oxygen atoms in total. The highest BCUT2D eigenvalue weighted by atomic mass is 35.5. The Labute approximate surface area is 103 Å². The zero-order valence-corrected chi connectivity index (χ0v) is 9.93. The van der Waals surface area contributed by atoms with Gasteiger partial charge in [-0.1, -0.05) is 12.1 Å². The quantitative estimate of drug-likeness (QED) is 0.734. The molecule has 0 saturated carbocycles. The highest BCUT2D eigenvalue weighted by molar-refractivity contribution is 6.18. The van der Waals surface area contributed by atoms with Crippen LogP contribution in [-0.4, -0.2) is 19.0 Å². The molecule has 1 saturated heterocycles. The van der Waals surface area contributed by atoms with Crippen molar-refractivity contribution in [2.45, 2.75) is 12.6 Å². The fourth-order valence-corrected chi connectivity index (χ4v) is 2.42. The van der Waals surface area contributed by atoms with Gasteiger partial charge >= 0.3 is 6.18 Å². The second-order valence-corrected chi connectivity index (χ2v) is 4.58. The lowest BCUT2D eigenvalue weighted by atomic mass is 10.1. The van der Waals surface area contributed by atoms with E-state index < -0.39 is 11.7 Å². The highest BCUT2D eigenvalue weighted by Gasteiger charge is 2.35. The van der Waals surface area contributed by atoms with Crippen LogP contribution in [0.4, 0.5) is 18.9 Å². The number of anilines is 1. The molecule has 2 rings (SSSR count). The van der Waals surface area contributed by atoms with Crippen molar-refractivity contribution in [3.8, 4) is 0 Å². The predicted molar refractivity (Wildman–Crippen MR) is 62.5 cm³/mol. The molecule has 1 aliphatic heterocycles. The molecule has 1 aromatic carbocycles. The van der Waals surface area contributed by atoms with Crippen molar-refractivity contribution in [2.24, 2.45) is 5.92 Å². The summed E-state index contributed by atoms with van der Waals surface area (Å²) >= 11 is 5.74. The number of hydrogen-bond donors (Lipinski definition) is 0. The Morgan fingerprint density at radius 1 is 1.29 bits per heavy atom. The van der Waals surface area contributed by atoms with E-state index in [0.29, 0.717) is 19.0 Å². The molecule has 1 aromatic rings. The van der Waals surface area contributed by atoms with Crippen LogP contribution in [0.15, 0.2) is 24.3 Å². The molecule has 1 heterocycles. The van der Waals surface area contributed by atoms with Crippen LogP contribution in [0, 0.1) is 5.92 Å². The number of hydrogen-bond acceptors (Lipinski definition) is 1. The third-order valence-electron chi connectivity index (χ3n) is 3.05. The van der Waals surface area contributed by atoms with Gasteiger partial charge in [0.25, 0.3) is 0 Å². The molecule has 0 aromatic heterocycles. The van der Waals surface area contributed by atoms with Crippen LogP contribution in [0.1, 0.15) is 12.0 Å². The van der Waals surface area contributed by atoms with E-state index in [0.717, 1.165) is 12.5 Å². The van der Waals surface area contributed by atoms with Crippen molar-refractivity contribution >= 4 is 17.3 Å². The van der Waals surface area contributed by atoms with E-state index in [1.54, 1.807) is 11.0 Å². The van der Waals surface area contributed by atoms with Crippen LogP contribution in [0.3, 0.4) is 0 Å². The smallest absolute Gasteiger partial charge is 0.371 e. The lowest BCUT2D eigenvalue weighted by Gasteiger charge is -2.22. The molecule has 1 unspecified atom stereocenters. The molecular weight excluding hydrogens is 251 g/mol. The van der Waals surface area contributed by atoms with Gasteiger partial charge in [0.05, 0.1) is 5.56 Å². The summed E-state index contributed by atoms with van der Waals surface area (Å²) in [4.78, 5) is 1.77. The van der Waals surface area contributed by atoms with Gasteiger partial charge in [0.2, 0.25) is 0 Å². The summed E-state index contributed by atoms with van der Waals surface area (Å²) in [6.45, 7) is 1.25. The minimum absolute atomic E-state index is 0.271. The predicted octanol–water partition coefficient (Wildman–Crippen LogP) is 3.77. The topological polar surface area (TPSA) is 3.24 Å². The van der Waals surface area contributed by atoms with Crippen LogP contribution >= 0.6 is 11.6 Å². The molecule has 0 amide bonds. The van der Waals surface area contributed by atoms with Crippen LogP contribution in [-0.2, 0) is 6.18 Å². The monoisotopic (exact) mass is 263 g/mol. The van der Waals surface area contributed by atoms with E-state index in [4.69, 9.17) is 11.6 Å². The normalized spacial score (nSPS) is 20.9. The van der Waals surface area contributed by atoms with Gasteiger partial charge in [0.15, 0.2) is 0 Å². The fourth-order valence-electron chi connectivity index (χ4n) is 2.17. The first kappa shape index (κ1) is 12.6. The SMILES string of the molecule is FC(F)(F)c1ccccc1N1CCC(CCl)C1. The Bertz CT molecular complexity index is 392. The minimum atomic E-state index is -4.30. The first-order valence-electron chi connectivity index (χ1n) is 5.49. The van der Waals surface area contributed by atoms with Crippen LogP contribution < -0.4 is 4.90 Å². The summed E-state index contributed by atoms with van der Waals surface area (Å²) < 4.78 is 38.5. The van der Waals surface area contributed by atoms with Gasteiger partial charge in [0, 0.05) is 24.7 Å². The average molecular weight is 264 g/mol. The van der Waals surface area contributed by atoms with Gasteiger partial charge in [0.1, 0.15) is 0 Å². The number of nitrogens with zero attached hydrogens (tertiary/aromatic N) is 1. The highest BCUT2D eigenvalue weighted by Crippen LogP contribution is 2.38. The Kier molecular flexibility index (Phi) is 3.52. The Hall–Kier alpha value is -0.900. The molecule has 1 atom stereocenters. The number of para-hydroxylation sites is 1. The summed E-state index contributed by atoms with van der Waals surface area (Å²) in [5.74, 6) is 0.794. The molecule has 1 fully saturated rings. The number of benzene rings is 1. The molecule has 0 aliphatic carbocycles. The van der Waals surface area contributed by atoms with Crippen molar-refractivity contribution in [1.82, 2.24) is 0 Å². The number of rotatable bonds is 2. The zero-order valence-electron chi connectivity index (χ0n) is 9.17. The molecule has 5 heteroatoms. The third-order valence-corrected chi connectivity index (χ3v) is 3.49. The van der Waals surface area contributed by atoms with Gasteiger partial charge in [-0.25, -0.2) is 0 Å². The average Bonchev–Trinajstić information content (AvgIpc) is 2.76. The van der Waals surface area contributed by atoms with E-state index in [1.807, 2.05) is 0 Å². The summed E-state index contributed by atoms with van der Waals surface area (Å²) in [5.41, 5.74) is -0.289. The van der Waals surface area contributed by atoms with Crippen LogP contribution in [0.2, 0.25) is 0 Å². The van der Waals surface area contributed by atoms with Crippen molar-refractivity contribution in [2.75, 3.05) is 23.9 Å². The number of alkyl halides is 4. The molecule has 0 N–H and O–H groups in total. The fraction of sp³-hybridized carbons (Fsp3) is 0.500. The van der Waals surface area contributed by atoms with Crippen LogP contribution in [0.25, 0.3) is 0 Å². The molecule has 0 spiro atoms. The van der Waals surface area contributed by atoms with Crippen molar-refractivity contribution < 1.29 is 13.2 Å². The van der Waals surface area contributed by atoms with Gasteiger partial charge in [-0.3, -0.25) is 0 Å². The molecular formula is C12H13ClF3N.